The van der Waals surface area contributed by atoms with Crippen molar-refractivity contribution in [3.8, 4) is 0 Å². The highest BCUT2D eigenvalue weighted by atomic mass is 19.4. The van der Waals surface area contributed by atoms with Crippen molar-refractivity contribution in [2.75, 3.05) is 10.6 Å². The number of allylic oxidation sites excluding steroid dienone is 2. The molecular weight excluding hydrogens is 361 g/mol. The molecule has 2 aromatic rings. The number of benzene rings is 1. The highest BCUT2D eigenvalue weighted by molar-refractivity contribution is 6.02. The first-order valence-electron chi connectivity index (χ1n) is 8.35. The van der Waals surface area contributed by atoms with E-state index in [1.165, 1.54) is 24.5 Å². The van der Waals surface area contributed by atoms with Crippen LogP contribution >= 0.6 is 0 Å². The SMILES string of the molecule is O=C(CC1C=CCC1)Nc1ccc(NC(=O)c2ccco2)cc1C(F)(F)F. The number of carbonyl (C=O) groups excluding carboxylic acids is 2. The Morgan fingerprint density at radius 1 is 1.19 bits per heavy atom. The Balaban J connectivity index is 1.76. The lowest BCUT2D eigenvalue weighted by Gasteiger charge is -2.16. The van der Waals surface area contributed by atoms with E-state index in [9.17, 15) is 22.8 Å². The standard InChI is InChI=1S/C19H17F3N2O3/c20-19(21,22)14-11-13(23-18(26)16-6-3-9-27-16)7-8-15(14)24-17(25)10-12-4-1-2-5-12/h1,3-4,6-9,11-12H,2,5,10H2,(H,23,26)(H,24,25). The van der Waals surface area contributed by atoms with Crippen LogP contribution in [0.25, 0.3) is 0 Å². The molecule has 8 heteroatoms. The molecule has 5 nitrogen and oxygen atoms in total. The maximum Gasteiger partial charge on any atom is 0.418 e. The van der Waals surface area contributed by atoms with E-state index < -0.39 is 23.6 Å². The van der Waals surface area contributed by atoms with E-state index in [0.29, 0.717) is 0 Å². The third kappa shape index (κ3) is 4.78. The summed E-state index contributed by atoms with van der Waals surface area (Å²) in [5.74, 6) is -1.13. The van der Waals surface area contributed by atoms with Crippen molar-refractivity contribution in [1.82, 2.24) is 0 Å². The Morgan fingerprint density at radius 3 is 2.63 bits per heavy atom. The van der Waals surface area contributed by atoms with Gasteiger partial charge in [-0.05, 0) is 49.1 Å². The molecule has 1 unspecified atom stereocenters. The number of alkyl halides is 3. The van der Waals surface area contributed by atoms with Gasteiger partial charge in [-0.1, -0.05) is 12.2 Å². The Labute approximate surface area is 153 Å². The highest BCUT2D eigenvalue weighted by Gasteiger charge is 2.34. The third-order valence-corrected chi connectivity index (χ3v) is 4.16. The first-order valence-corrected chi connectivity index (χ1v) is 8.35. The number of anilines is 2. The summed E-state index contributed by atoms with van der Waals surface area (Å²) in [6, 6.07) is 6.09. The minimum Gasteiger partial charge on any atom is -0.459 e. The first kappa shape index (κ1) is 18.8. The van der Waals surface area contributed by atoms with Gasteiger partial charge in [-0.3, -0.25) is 9.59 Å². The zero-order valence-corrected chi connectivity index (χ0v) is 14.2. The van der Waals surface area contributed by atoms with Crippen LogP contribution in [-0.2, 0) is 11.0 Å². The lowest BCUT2D eigenvalue weighted by molar-refractivity contribution is -0.136. The van der Waals surface area contributed by atoms with Crippen molar-refractivity contribution in [2.45, 2.75) is 25.4 Å². The van der Waals surface area contributed by atoms with Gasteiger partial charge in [0, 0.05) is 12.1 Å². The Bertz CT molecular complexity index is 858. The van der Waals surface area contributed by atoms with Gasteiger partial charge >= 0.3 is 6.18 Å². The minimum atomic E-state index is -4.69. The molecule has 0 spiro atoms. The second-order valence-electron chi connectivity index (χ2n) is 6.21. The number of amides is 2. The van der Waals surface area contributed by atoms with Gasteiger partial charge in [0.05, 0.1) is 17.5 Å². The summed E-state index contributed by atoms with van der Waals surface area (Å²) in [7, 11) is 0. The average molecular weight is 378 g/mol. The Morgan fingerprint density at radius 2 is 2.00 bits per heavy atom. The molecule has 1 aromatic carbocycles. The lowest BCUT2D eigenvalue weighted by Crippen LogP contribution is -2.19. The summed E-state index contributed by atoms with van der Waals surface area (Å²) < 4.78 is 45.1. The molecule has 0 radical (unpaired) electrons. The van der Waals surface area contributed by atoms with E-state index in [4.69, 9.17) is 4.42 Å². The fraction of sp³-hybridized carbons (Fsp3) is 0.263. The van der Waals surface area contributed by atoms with Crippen LogP contribution in [0.3, 0.4) is 0 Å². The van der Waals surface area contributed by atoms with Gasteiger partial charge in [-0.15, -0.1) is 0 Å². The minimum absolute atomic E-state index is 0.0226. The van der Waals surface area contributed by atoms with Crippen LogP contribution in [0.1, 0.15) is 35.4 Å². The van der Waals surface area contributed by atoms with Crippen molar-refractivity contribution in [3.05, 3.63) is 60.1 Å². The quantitative estimate of drug-likeness (QED) is 0.731. The molecular formula is C19H17F3N2O3. The van der Waals surface area contributed by atoms with Gasteiger partial charge in [-0.2, -0.15) is 13.2 Å². The van der Waals surface area contributed by atoms with Gasteiger partial charge in [0.1, 0.15) is 0 Å². The number of hydrogen-bond acceptors (Lipinski definition) is 3. The van der Waals surface area contributed by atoms with E-state index in [2.05, 4.69) is 10.6 Å². The molecule has 0 saturated carbocycles. The second kappa shape index (κ2) is 7.69. The summed E-state index contributed by atoms with van der Waals surface area (Å²) in [5.41, 5.74) is -1.43. The fourth-order valence-corrected chi connectivity index (χ4v) is 2.87. The van der Waals surface area contributed by atoms with E-state index in [1.54, 1.807) is 0 Å². The van der Waals surface area contributed by atoms with Gasteiger partial charge in [0.25, 0.3) is 5.91 Å². The average Bonchev–Trinajstić information content (AvgIpc) is 3.28. The molecule has 1 aromatic heterocycles. The third-order valence-electron chi connectivity index (χ3n) is 4.16. The number of rotatable bonds is 5. The first-order chi connectivity index (χ1) is 12.8. The largest absolute Gasteiger partial charge is 0.459 e. The number of hydrogen-bond donors (Lipinski definition) is 2. The predicted molar refractivity (Wildman–Crippen MR) is 93.2 cm³/mol. The molecule has 1 heterocycles. The summed E-state index contributed by atoms with van der Waals surface area (Å²) >= 11 is 0. The molecule has 3 rings (SSSR count). The topological polar surface area (TPSA) is 71.3 Å². The molecule has 1 aliphatic carbocycles. The summed E-state index contributed by atoms with van der Waals surface area (Å²) in [4.78, 5) is 24.0. The van der Waals surface area contributed by atoms with Crippen molar-refractivity contribution in [3.63, 3.8) is 0 Å². The van der Waals surface area contributed by atoms with Gasteiger partial charge in [0.15, 0.2) is 5.76 Å². The van der Waals surface area contributed by atoms with Crippen LogP contribution in [0.5, 0.6) is 0 Å². The van der Waals surface area contributed by atoms with E-state index in [0.717, 1.165) is 25.0 Å². The lowest BCUT2D eigenvalue weighted by atomic mass is 10.0. The van der Waals surface area contributed by atoms with Crippen LogP contribution in [0, 0.1) is 5.92 Å². The molecule has 27 heavy (non-hydrogen) atoms. The van der Waals surface area contributed by atoms with Crippen molar-refractivity contribution in [2.24, 2.45) is 5.92 Å². The Hall–Kier alpha value is -3.03. The zero-order valence-electron chi connectivity index (χ0n) is 14.2. The molecule has 0 fully saturated rings. The van der Waals surface area contributed by atoms with Gasteiger partial charge < -0.3 is 15.1 Å². The van der Waals surface area contributed by atoms with Crippen LogP contribution in [-0.4, -0.2) is 11.8 Å². The Kier molecular flexibility index (Phi) is 5.34. The fourth-order valence-electron chi connectivity index (χ4n) is 2.87. The van der Waals surface area contributed by atoms with E-state index >= 15 is 0 Å². The number of carbonyl (C=O) groups is 2. The van der Waals surface area contributed by atoms with Crippen molar-refractivity contribution in [1.29, 1.82) is 0 Å². The van der Waals surface area contributed by atoms with E-state index in [1.807, 2.05) is 12.2 Å². The smallest absolute Gasteiger partial charge is 0.418 e. The molecule has 2 amide bonds. The van der Waals surface area contributed by atoms with Crippen molar-refractivity contribution >= 4 is 23.2 Å². The van der Waals surface area contributed by atoms with Crippen LogP contribution in [0.2, 0.25) is 0 Å². The highest BCUT2D eigenvalue weighted by Crippen LogP contribution is 2.37. The number of furan rings is 1. The molecule has 1 atom stereocenters. The number of nitrogens with one attached hydrogen (secondary N) is 2. The van der Waals surface area contributed by atoms with E-state index in [-0.39, 0.29) is 29.5 Å². The van der Waals surface area contributed by atoms with Crippen LogP contribution < -0.4 is 10.6 Å². The maximum absolute atomic E-state index is 13.4. The predicted octanol–water partition coefficient (Wildman–Crippen LogP) is 4.85. The van der Waals surface area contributed by atoms with Crippen LogP contribution in [0.4, 0.5) is 24.5 Å². The molecule has 0 saturated heterocycles. The molecule has 2 N–H and O–H groups in total. The molecule has 1 aliphatic rings. The summed E-state index contributed by atoms with van der Waals surface area (Å²) in [6.07, 6.45) is 2.26. The van der Waals surface area contributed by atoms with Gasteiger partial charge in [-0.25, -0.2) is 0 Å². The zero-order chi connectivity index (χ0) is 19.4. The molecule has 0 bridgehead atoms. The van der Waals surface area contributed by atoms with Crippen molar-refractivity contribution < 1.29 is 27.2 Å². The molecule has 0 aliphatic heterocycles. The van der Waals surface area contributed by atoms with Crippen LogP contribution in [0.15, 0.2) is 53.2 Å². The molecule has 142 valence electrons. The number of halogens is 3. The maximum atomic E-state index is 13.4. The van der Waals surface area contributed by atoms with Gasteiger partial charge in [0.2, 0.25) is 5.91 Å². The second-order valence-corrected chi connectivity index (χ2v) is 6.21. The summed E-state index contributed by atoms with van der Waals surface area (Å²) in [6.45, 7) is 0. The monoisotopic (exact) mass is 378 g/mol. The summed E-state index contributed by atoms with van der Waals surface area (Å²) in [5, 5.41) is 4.67. The normalized spacial score (nSPS) is 16.3.